The molecular weight excluding hydrogens is 453 g/mol. The fourth-order valence-corrected chi connectivity index (χ4v) is 2.99. The van der Waals surface area contributed by atoms with E-state index in [-0.39, 0.29) is 16.3 Å². The number of esters is 1. The van der Waals surface area contributed by atoms with Crippen LogP contribution in [-0.2, 0) is 25.7 Å². The van der Waals surface area contributed by atoms with Crippen molar-refractivity contribution in [3.8, 4) is 5.75 Å². The summed E-state index contributed by atoms with van der Waals surface area (Å²) in [7, 11) is -2.94. The number of rotatable bonds is 6. The van der Waals surface area contributed by atoms with Crippen LogP contribution in [0.15, 0.2) is 41.3 Å². The zero-order valence-corrected chi connectivity index (χ0v) is 16.7. The van der Waals surface area contributed by atoms with E-state index in [0.717, 1.165) is 30.3 Å². The Bertz CT molecular complexity index is 1090. The lowest BCUT2D eigenvalue weighted by Gasteiger charge is -2.14. The first-order valence-electron chi connectivity index (χ1n) is 7.87. The Kier molecular flexibility index (Phi) is 6.95. The number of alkyl halides is 3. The molecular formula is C17H14ClF3N2O6S. The number of nitrogens with two attached hydrogens (primary N) is 1. The van der Waals surface area contributed by atoms with E-state index < -0.39 is 50.8 Å². The van der Waals surface area contributed by atoms with Crippen LogP contribution in [0.5, 0.6) is 5.75 Å². The third kappa shape index (κ3) is 5.84. The van der Waals surface area contributed by atoms with E-state index in [0.29, 0.717) is 6.07 Å². The Morgan fingerprint density at radius 2 is 1.83 bits per heavy atom. The molecule has 162 valence electrons. The number of sulfonamides is 1. The molecule has 8 nitrogen and oxygen atoms in total. The van der Waals surface area contributed by atoms with E-state index >= 15 is 0 Å². The van der Waals surface area contributed by atoms with Gasteiger partial charge < -0.3 is 14.8 Å². The summed E-state index contributed by atoms with van der Waals surface area (Å²) in [6.07, 6.45) is -4.79. The van der Waals surface area contributed by atoms with Gasteiger partial charge in [-0.1, -0.05) is 11.6 Å². The minimum Gasteiger partial charge on any atom is -0.496 e. The molecule has 0 saturated heterocycles. The van der Waals surface area contributed by atoms with E-state index in [1.165, 1.54) is 7.11 Å². The minimum atomic E-state index is -4.79. The van der Waals surface area contributed by atoms with E-state index in [1.54, 1.807) is 0 Å². The quantitative estimate of drug-likeness (QED) is 0.631. The van der Waals surface area contributed by atoms with E-state index in [9.17, 15) is 31.2 Å². The zero-order chi connectivity index (χ0) is 22.7. The van der Waals surface area contributed by atoms with Crippen LogP contribution in [0.4, 0.5) is 18.9 Å². The third-order valence-corrected chi connectivity index (χ3v) is 4.76. The lowest BCUT2D eigenvalue weighted by Crippen LogP contribution is -2.23. The molecule has 0 aromatic heterocycles. The predicted octanol–water partition coefficient (Wildman–Crippen LogP) is 2.81. The molecule has 0 aliphatic heterocycles. The summed E-state index contributed by atoms with van der Waals surface area (Å²) in [5.74, 6) is -2.29. The first-order chi connectivity index (χ1) is 13.8. The predicted molar refractivity (Wildman–Crippen MR) is 99.7 cm³/mol. The second-order valence-electron chi connectivity index (χ2n) is 5.72. The van der Waals surface area contributed by atoms with Gasteiger partial charge in [-0.25, -0.2) is 18.4 Å². The fourth-order valence-electron chi connectivity index (χ4n) is 2.28. The average Bonchev–Trinajstić information content (AvgIpc) is 2.65. The number of anilines is 1. The number of methoxy groups -OCH3 is 1. The zero-order valence-electron chi connectivity index (χ0n) is 15.1. The summed E-state index contributed by atoms with van der Waals surface area (Å²) in [6.45, 7) is -0.957. The molecule has 0 unspecified atom stereocenters. The minimum absolute atomic E-state index is 0.0649. The Morgan fingerprint density at radius 3 is 2.40 bits per heavy atom. The van der Waals surface area contributed by atoms with Gasteiger partial charge in [0.1, 0.15) is 11.3 Å². The maximum Gasteiger partial charge on any atom is 0.418 e. The molecule has 3 N–H and O–H groups in total. The van der Waals surface area contributed by atoms with Crippen LogP contribution in [0.1, 0.15) is 15.9 Å². The first-order valence-corrected chi connectivity index (χ1v) is 9.80. The van der Waals surface area contributed by atoms with Gasteiger partial charge in [0.05, 0.1) is 23.3 Å². The van der Waals surface area contributed by atoms with Gasteiger partial charge in [-0.2, -0.15) is 13.2 Å². The maximum atomic E-state index is 13.1. The first kappa shape index (κ1) is 23.4. The van der Waals surface area contributed by atoms with Gasteiger partial charge >= 0.3 is 12.1 Å². The van der Waals surface area contributed by atoms with Crippen molar-refractivity contribution in [3.63, 3.8) is 0 Å². The van der Waals surface area contributed by atoms with Crippen LogP contribution in [-0.4, -0.2) is 34.0 Å². The van der Waals surface area contributed by atoms with Crippen LogP contribution in [0.25, 0.3) is 0 Å². The molecule has 0 fully saturated rings. The van der Waals surface area contributed by atoms with Gasteiger partial charge in [0.2, 0.25) is 10.0 Å². The second kappa shape index (κ2) is 8.90. The van der Waals surface area contributed by atoms with Crippen molar-refractivity contribution in [1.82, 2.24) is 0 Å². The van der Waals surface area contributed by atoms with Gasteiger partial charge in [0.15, 0.2) is 6.61 Å². The van der Waals surface area contributed by atoms with Gasteiger partial charge in [0, 0.05) is 5.02 Å². The highest BCUT2D eigenvalue weighted by Crippen LogP contribution is 2.36. The molecule has 0 saturated carbocycles. The molecule has 0 radical (unpaired) electrons. The van der Waals surface area contributed by atoms with E-state index in [4.69, 9.17) is 26.2 Å². The highest BCUT2D eigenvalue weighted by molar-refractivity contribution is 7.89. The summed E-state index contributed by atoms with van der Waals surface area (Å²) in [5.41, 5.74) is -2.11. The van der Waals surface area contributed by atoms with Gasteiger partial charge in [-0.05, 0) is 36.4 Å². The Labute approximate surface area is 173 Å². The van der Waals surface area contributed by atoms with Crippen molar-refractivity contribution < 1.29 is 40.7 Å². The smallest absolute Gasteiger partial charge is 0.418 e. The van der Waals surface area contributed by atoms with Crippen LogP contribution < -0.4 is 15.2 Å². The highest BCUT2D eigenvalue weighted by Gasteiger charge is 2.34. The van der Waals surface area contributed by atoms with Gasteiger partial charge in [0.25, 0.3) is 5.91 Å². The number of primary sulfonamides is 1. The molecule has 0 heterocycles. The van der Waals surface area contributed by atoms with Crippen LogP contribution in [0.2, 0.25) is 5.02 Å². The fraction of sp³-hybridized carbons (Fsp3) is 0.176. The van der Waals surface area contributed by atoms with E-state index in [2.05, 4.69) is 0 Å². The number of carbonyl (C=O) groups excluding carboxylic acids is 2. The van der Waals surface area contributed by atoms with Crippen LogP contribution in [0.3, 0.4) is 0 Å². The van der Waals surface area contributed by atoms with Gasteiger partial charge in [-0.15, -0.1) is 0 Å². The lowest BCUT2D eigenvalue weighted by atomic mass is 10.1. The van der Waals surface area contributed by atoms with Crippen molar-refractivity contribution in [2.45, 2.75) is 11.1 Å². The number of carbonyl (C=O) groups is 2. The molecule has 30 heavy (non-hydrogen) atoms. The molecule has 2 aromatic carbocycles. The third-order valence-electron chi connectivity index (χ3n) is 3.61. The molecule has 1 amide bonds. The number of benzene rings is 2. The molecule has 0 aliphatic carbocycles. The lowest BCUT2D eigenvalue weighted by molar-refractivity contribution is -0.137. The normalized spacial score (nSPS) is 11.7. The highest BCUT2D eigenvalue weighted by atomic mass is 35.5. The summed E-state index contributed by atoms with van der Waals surface area (Å²) in [4.78, 5) is 23.8. The topological polar surface area (TPSA) is 125 Å². The SMILES string of the molecule is COc1ccc(S(N)(=O)=O)cc1C(=O)OCC(=O)Nc1ccc(Cl)cc1C(F)(F)F. The van der Waals surface area contributed by atoms with Crippen molar-refractivity contribution in [2.24, 2.45) is 5.14 Å². The van der Waals surface area contributed by atoms with Crippen LogP contribution >= 0.6 is 11.6 Å². The van der Waals surface area contributed by atoms with Crippen molar-refractivity contribution in [2.75, 3.05) is 19.0 Å². The number of ether oxygens (including phenoxy) is 2. The molecule has 2 rings (SSSR count). The number of amides is 1. The number of halogens is 4. The summed E-state index contributed by atoms with van der Waals surface area (Å²) in [6, 6.07) is 5.85. The number of nitrogens with one attached hydrogen (secondary N) is 1. The standard InChI is InChI=1S/C17H14ClF3N2O6S/c1-28-14-5-3-10(30(22,26)27)7-11(14)16(25)29-8-15(24)23-13-4-2-9(18)6-12(13)17(19,20)21/h2-7H,8H2,1H3,(H,23,24)(H2,22,26,27). The molecule has 0 aliphatic rings. The van der Waals surface area contributed by atoms with Crippen molar-refractivity contribution in [1.29, 1.82) is 0 Å². The summed E-state index contributed by atoms with van der Waals surface area (Å²) in [5, 5.41) is 6.79. The number of hydrogen-bond donors (Lipinski definition) is 2. The van der Waals surface area contributed by atoms with Gasteiger partial charge in [-0.3, -0.25) is 4.79 Å². The largest absolute Gasteiger partial charge is 0.496 e. The number of hydrogen-bond acceptors (Lipinski definition) is 6. The van der Waals surface area contributed by atoms with Crippen LogP contribution in [0, 0.1) is 0 Å². The summed E-state index contributed by atoms with van der Waals surface area (Å²) < 4.78 is 71.7. The Hall–Kier alpha value is -2.83. The Morgan fingerprint density at radius 1 is 1.17 bits per heavy atom. The molecule has 0 bridgehead atoms. The monoisotopic (exact) mass is 466 g/mol. The molecule has 0 atom stereocenters. The molecule has 0 spiro atoms. The Balaban J connectivity index is 2.15. The molecule has 13 heteroatoms. The average molecular weight is 467 g/mol. The molecule has 2 aromatic rings. The van der Waals surface area contributed by atoms with Crippen molar-refractivity contribution in [3.05, 3.63) is 52.5 Å². The van der Waals surface area contributed by atoms with Crippen molar-refractivity contribution >= 4 is 39.2 Å². The maximum absolute atomic E-state index is 13.1. The second-order valence-corrected chi connectivity index (χ2v) is 7.72. The van der Waals surface area contributed by atoms with E-state index in [1.807, 2.05) is 5.32 Å². The summed E-state index contributed by atoms with van der Waals surface area (Å²) >= 11 is 5.56.